The van der Waals surface area contributed by atoms with Gasteiger partial charge in [0.2, 0.25) is 0 Å². The third-order valence-electron chi connectivity index (χ3n) is 5.27. The first-order valence-electron chi connectivity index (χ1n) is 9.25. The first-order chi connectivity index (χ1) is 13.9. The molecule has 2 heterocycles. The number of likely N-dealkylation sites (tertiary alicyclic amines) is 1. The molecule has 30 heavy (non-hydrogen) atoms. The van der Waals surface area contributed by atoms with Gasteiger partial charge in [0, 0.05) is 25.6 Å². The van der Waals surface area contributed by atoms with Crippen LogP contribution in [0.4, 0.5) is 22.8 Å². The number of carbonyl (C=O) groups is 2. The lowest BCUT2D eigenvalue weighted by Crippen LogP contribution is -2.54. The smallest absolute Gasteiger partial charge is 0.450 e. The number of benzene rings is 1. The van der Waals surface area contributed by atoms with E-state index >= 15 is 0 Å². The molecule has 2 fully saturated rings. The summed E-state index contributed by atoms with van der Waals surface area (Å²) < 4.78 is 66.5. The third kappa shape index (κ3) is 5.35. The van der Waals surface area contributed by atoms with Crippen LogP contribution < -0.4 is 0 Å². The Morgan fingerprint density at radius 1 is 1.03 bits per heavy atom. The third-order valence-corrected chi connectivity index (χ3v) is 6.88. The van der Waals surface area contributed by atoms with Crippen LogP contribution in [0, 0.1) is 0 Å². The van der Waals surface area contributed by atoms with Gasteiger partial charge in [-0.1, -0.05) is 12.1 Å². The zero-order chi connectivity index (χ0) is 22.1. The molecule has 8 nitrogen and oxygen atoms in total. The molecular weight excluding hydrogens is 429 g/mol. The Balaban J connectivity index is 1.77. The molecule has 1 N–H and O–H groups in total. The summed E-state index contributed by atoms with van der Waals surface area (Å²) in [6.07, 6.45) is -6.61. The highest BCUT2D eigenvalue weighted by atomic mass is 32.2. The summed E-state index contributed by atoms with van der Waals surface area (Å²) in [6, 6.07) is 4.07. The van der Waals surface area contributed by atoms with Crippen LogP contribution in [0.25, 0.3) is 0 Å². The van der Waals surface area contributed by atoms with Crippen LogP contribution in [0.5, 0.6) is 0 Å². The van der Waals surface area contributed by atoms with Crippen LogP contribution in [0.3, 0.4) is 0 Å². The van der Waals surface area contributed by atoms with Crippen molar-refractivity contribution >= 4 is 22.0 Å². The van der Waals surface area contributed by atoms with Gasteiger partial charge in [-0.2, -0.15) is 13.2 Å². The summed E-state index contributed by atoms with van der Waals surface area (Å²) in [5, 5.41) is 8.95. The van der Waals surface area contributed by atoms with Crippen molar-refractivity contribution in [3.05, 3.63) is 35.4 Å². The number of alkyl halides is 3. The number of carbonyl (C=O) groups excluding carboxylic acids is 1. The molecule has 2 atom stereocenters. The number of urea groups is 1. The summed E-state index contributed by atoms with van der Waals surface area (Å²) in [7, 11) is -3.18. The molecule has 0 spiro atoms. The average Bonchev–Trinajstić information content (AvgIpc) is 2.66. The van der Waals surface area contributed by atoms with Gasteiger partial charge in [-0.3, -0.25) is 0 Å². The molecule has 1 aromatic rings. The Labute approximate surface area is 171 Å². The summed E-state index contributed by atoms with van der Waals surface area (Å²) in [4.78, 5) is 26.6. The van der Waals surface area contributed by atoms with Crippen molar-refractivity contribution in [3.63, 3.8) is 0 Å². The Bertz CT molecular complexity index is 889. The van der Waals surface area contributed by atoms with Gasteiger partial charge >= 0.3 is 18.4 Å². The highest BCUT2D eigenvalue weighted by Crippen LogP contribution is 2.33. The summed E-state index contributed by atoms with van der Waals surface area (Å²) in [5.74, 6) is -0.726. The maximum absolute atomic E-state index is 12.9. The van der Waals surface area contributed by atoms with Gasteiger partial charge in [0.15, 0.2) is 9.84 Å². The minimum atomic E-state index is -4.48. The van der Waals surface area contributed by atoms with E-state index in [1.54, 1.807) is 0 Å². The van der Waals surface area contributed by atoms with Crippen molar-refractivity contribution < 1.29 is 41.0 Å². The molecule has 2 amide bonds. The van der Waals surface area contributed by atoms with Crippen LogP contribution in [0.1, 0.15) is 23.5 Å². The molecule has 12 heteroatoms. The van der Waals surface area contributed by atoms with Crippen LogP contribution in [-0.2, 0) is 20.8 Å². The fourth-order valence-corrected chi connectivity index (χ4v) is 4.93. The fourth-order valence-electron chi connectivity index (χ4n) is 3.73. The van der Waals surface area contributed by atoms with Gasteiger partial charge in [0.1, 0.15) is 6.10 Å². The van der Waals surface area contributed by atoms with Gasteiger partial charge < -0.3 is 19.6 Å². The molecule has 1 aromatic carbocycles. The van der Waals surface area contributed by atoms with E-state index in [1.807, 2.05) is 0 Å². The maximum Gasteiger partial charge on any atom is 0.506 e. The lowest BCUT2D eigenvalue weighted by Gasteiger charge is -2.40. The van der Waals surface area contributed by atoms with Gasteiger partial charge in [-0.05, 0) is 24.1 Å². The molecule has 0 bridgehead atoms. The SMILES string of the molecule is O=C(O)OC1CC(c2ccc(C(F)(F)F)cc2)CN(C(=O)N2CCS(=O)(=O)CC2)C1. The van der Waals surface area contributed by atoms with Crippen molar-refractivity contribution in [2.45, 2.75) is 24.6 Å². The van der Waals surface area contributed by atoms with Crippen molar-refractivity contribution in [2.24, 2.45) is 0 Å². The second kappa shape index (κ2) is 8.32. The number of carboxylic acid groups (broad SMARTS) is 1. The topological polar surface area (TPSA) is 104 Å². The second-order valence-corrected chi connectivity index (χ2v) is 9.69. The Kier molecular flexibility index (Phi) is 6.16. The van der Waals surface area contributed by atoms with Crippen LogP contribution in [-0.4, -0.2) is 79.3 Å². The quantitative estimate of drug-likeness (QED) is 0.694. The molecule has 0 aromatic heterocycles. The van der Waals surface area contributed by atoms with E-state index in [9.17, 15) is 31.2 Å². The van der Waals surface area contributed by atoms with Crippen LogP contribution in [0.2, 0.25) is 0 Å². The number of ether oxygens (including phenoxy) is 1. The highest BCUT2D eigenvalue weighted by molar-refractivity contribution is 7.91. The molecule has 2 aliphatic rings. The molecule has 2 unspecified atom stereocenters. The number of sulfone groups is 1. The second-order valence-electron chi connectivity index (χ2n) is 7.38. The average molecular weight is 450 g/mol. The van der Waals surface area contributed by atoms with Crippen LogP contribution in [0.15, 0.2) is 24.3 Å². The lowest BCUT2D eigenvalue weighted by atomic mass is 9.88. The first kappa shape index (κ1) is 22.2. The normalized spacial score (nSPS) is 24.4. The largest absolute Gasteiger partial charge is 0.506 e. The number of hydrogen-bond donors (Lipinski definition) is 1. The molecule has 0 aliphatic carbocycles. The highest BCUT2D eigenvalue weighted by Gasteiger charge is 2.37. The van der Waals surface area contributed by atoms with Gasteiger partial charge in [0.05, 0.1) is 23.6 Å². The maximum atomic E-state index is 12.9. The molecule has 2 aliphatic heterocycles. The van der Waals surface area contributed by atoms with E-state index in [1.165, 1.54) is 21.9 Å². The van der Waals surface area contributed by atoms with E-state index in [2.05, 4.69) is 0 Å². The number of amides is 2. The standard InChI is InChI=1S/C18H21F3N2O6S/c19-18(20,21)14-3-1-12(2-4-14)13-9-15(29-17(25)26)11-23(10-13)16(24)22-5-7-30(27,28)8-6-22/h1-4,13,15H,5-11H2,(H,25,26). The summed E-state index contributed by atoms with van der Waals surface area (Å²) >= 11 is 0. The molecule has 0 radical (unpaired) electrons. The van der Waals surface area contributed by atoms with Gasteiger partial charge in [0.25, 0.3) is 0 Å². The van der Waals surface area contributed by atoms with Crippen molar-refractivity contribution in [1.82, 2.24) is 9.80 Å². The van der Waals surface area contributed by atoms with Crippen molar-refractivity contribution in [3.8, 4) is 0 Å². The Hall–Kier alpha value is -2.50. The number of rotatable bonds is 2. The van der Waals surface area contributed by atoms with Crippen molar-refractivity contribution in [2.75, 3.05) is 37.7 Å². The fraction of sp³-hybridized carbons (Fsp3) is 0.556. The van der Waals surface area contributed by atoms with E-state index in [-0.39, 0.29) is 44.1 Å². The van der Waals surface area contributed by atoms with E-state index in [0.717, 1.165) is 12.1 Å². The van der Waals surface area contributed by atoms with Crippen LogP contribution >= 0.6 is 0 Å². The Morgan fingerprint density at radius 2 is 1.63 bits per heavy atom. The summed E-state index contributed by atoms with van der Waals surface area (Å²) in [6.45, 7) is 0.221. The minimum Gasteiger partial charge on any atom is -0.450 e. The predicted octanol–water partition coefficient (Wildman–Crippen LogP) is 2.41. The Morgan fingerprint density at radius 3 is 2.17 bits per heavy atom. The molecule has 2 saturated heterocycles. The minimum absolute atomic E-state index is 0.00841. The zero-order valence-electron chi connectivity index (χ0n) is 15.8. The molecular formula is C18H21F3N2O6S. The van der Waals surface area contributed by atoms with E-state index in [4.69, 9.17) is 9.84 Å². The number of piperidine rings is 1. The van der Waals surface area contributed by atoms with E-state index < -0.39 is 45.8 Å². The first-order valence-corrected chi connectivity index (χ1v) is 11.1. The number of hydrogen-bond acceptors (Lipinski definition) is 5. The van der Waals surface area contributed by atoms with Crippen molar-refractivity contribution in [1.29, 1.82) is 0 Å². The zero-order valence-corrected chi connectivity index (χ0v) is 16.7. The van der Waals surface area contributed by atoms with E-state index in [0.29, 0.717) is 5.56 Å². The van der Waals surface area contributed by atoms with Gasteiger partial charge in [-0.15, -0.1) is 0 Å². The molecule has 166 valence electrons. The molecule has 3 rings (SSSR count). The number of halogens is 3. The summed E-state index contributed by atoms with van der Waals surface area (Å²) in [5.41, 5.74) is -0.274. The van der Waals surface area contributed by atoms with Gasteiger partial charge in [-0.25, -0.2) is 18.0 Å². The predicted molar refractivity (Wildman–Crippen MR) is 98.9 cm³/mol. The monoisotopic (exact) mass is 450 g/mol. The lowest BCUT2D eigenvalue weighted by molar-refractivity contribution is -0.137. The number of nitrogens with zero attached hydrogens (tertiary/aromatic N) is 2. The molecule has 0 saturated carbocycles.